The minimum Gasteiger partial charge on any atom is -0.489 e. The van der Waals surface area contributed by atoms with Gasteiger partial charge in [-0.25, -0.2) is 0 Å². The molecule has 4 N–H and O–H groups in total. The first-order valence-electron chi connectivity index (χ1n) is 15.3. The van der Waals surface area contributed by atoms with E-state index in [4.69, 9.17) is 10.5 Å². The number of carboxylic acids is 1. The second kappa shape index (κ2) is 14.7. The van der Waals surface area contributed by atoms with E-state index in [1.165, 1.54) is 24.2 Å². The number of nitrogens with two attached hydrogens (primary N) is 1. The van der Waals surface area contributed by atoms with Gasteiger partial charge in [0.15, 0.2) is 0 Å². The molecule has 10 heteroatoms. The zero-order valence-corrected chi connectivity index (χ0v) is 25.1. The molecule has 1 unspecified atom stereocenters. The zero-order valence-electron chi connectivity index (χ0n) is 25.1. The van der Waals surface area contributed by atoms with E-state index in [1.807, 2.05) is 30.3 Å². The number of hydrogen-bond acceptors (Lipinski definition) is 6. The molecular weight excluding hydrogens is 572 g/mol. The predicted molar refractivity (Wildman–Crippen MR) is 169 cm³/mol. The quantitative estimate of drug-likeness (QED) is 0.143. The molecule has 3 aromatic rings. The third-order valence-electron chi connectivity index (χ3n) is 8.47. The molecule has 0 aromatic heterocycles. The van der Waals surface area contributed by atoms with Crippen LogP contribution in [0.1, 0.15) is 68.7 Å². The fourth-order valence-electron chi connectivity index (χ4n) is 5.52. The van der Waals surface area contributed by atoms with Gasteiger partial charge in [0.05, 0.1) is 6.42 Å². The molecule has 45 heavy (non-hydrogen) atoms. The third-order valence-corrected chi connectivity index (χ3v) is 8.47. The highest BCUT2D eigenvalue weighted by atomic mass is 16.5. The fourth-order valence-corrected chi connectivity index (χ4v) is 5.52. The van der Waals surface area contributed by atoms with Crippen molar-refractivity contribution in [1.29, 1.82) is 0 Å². The SMILES string of the molecule is NC(=NCC1CCC1)c1ccc(COc2ccc3c(c2)CCN(C(CC(=O)O)C(=O)NCCc2ccc(C=O)cc2)C3=O)cc1. The number of carbonyl (C=O) groups excluding carboxylic acids is 3. The van der Waals surface area contributed by atoms with Crippen LogP contribution in [0.2, 0.25) is 0 Å². The smallest absolute Gasteiger partial charge is 0.305 e. The number of rotatable bonds is 14. The fraction of sp³-hybridized carbons (Fsp3) is 0.343. The average molecular weight is 611 g/mol. The highest BCUT2D eigenvalue weighted by Gasteiger charge is 2.35. The number of aliphatic imine (C=N–C) groups is 1. The van der Waals surface area contributed by atoms with Crippen LogP contribution in [0.15, 0.2) is 71.7 Å². The molecule has 0 saturated heterocycles. The summed E-state index contributed by atoms with van der Waals surface area (Å²) >= 11 is 0. The molecule has 1 saturated carbocycles. The van der Waals surface area contributed by atoms with Crippen molar-refractivity contribution in [2.45, 2.75) is 51.2 Å². The second-order valence-electron chi connectivity index (χ2n) is 11.6. The van der Waals surface area contributed by atoms with E-state index in [2.05, 4.69) is 10.3 Å². The molecular formula is C35H38N4O6. The average Bonchev–Trinajstić information content (AvgIpc) is 3.02. The zero-order chi connectivity index (χ0) is 31.8. The third kappa shape index (κ3) is 8.14. The Kier molecular flexibility index (Phi) is 10.2. The normalized spacial score (nSPS) is 15.5. The van der Waals surface area contributed by atoms with Crippen molar-refractivity contribution >= 4 is 29.9 Å². The number of amides is 2. The Morgan fingerprint density at radius 3 is 2.47 bits per heavy atom. The summed E-state index contributed by atoms with van der Waals surface area (Å²) in [5.41, 5.74) is 10.7. The van der Waals surface area contributed by atoms with Crippen LogP contribution in [-0.2, 0) is 29.0 Å². The van der Waals surface area contributed by atoms with Gasteiger partial charge < -0.3 is 25.8 Å². The summed E-state index contributed by atoms with van der Waals surface area (Å²) in [6, 6.07) is 18.8. The van der Waals surface area contributed by atoms with Gasteiger partial charge in [0, 0.05) is 36.3 Å². The van der Waals surface area contributed by atoms with E-state index in [0.29, 0.717) is 48.1 Å². The first-order valence-corrected chi connectivity index (χ1v) is 15.3. The number of carboxylic acid groups (broad SMARTS) is 1. The first kappa shape index (κ1) is 31.4. The maximum absolute atomic E-state index is 13.4. The number of aldehydes is 1. The summed E-state index contributed by atoms with van der Waals surface area (Å²) in [5, 5.41) is 12.3. The molecule has 1 heterocycles. The summed E-state index contributed by atoms with van der Waals surface area (Å²) in [6.07, 6.45) is 4.95. The molecule has 1 fully saturated rings. The Bertz CT molecular complexity index is 1560. The predicted octanol–water partition coefficient (Wildman–Crippen LogP) is 3.78. The van der Waals surface area contributed by atoms with Gasteiger partial charge in [0.25, 0.3) is 5.91 Å². The van der Waals surface area contributed by atoms with E-state index >= 15 is 0 Å². The van der Waals surface area contributed by atoms with Crippen molar-refractivity contribution in [3.05, 3.63) is 100 Å². The molecule has 0 bridgehead atoms. The molecule has 0 spiro atoms. The number of hydrogen-bond donors (Lipinski definition) is 3. The Morgan fingerprint density at radius 1 is 1.07 bits per heavy atom. The lowest BCUT2D eigenvalue weighted by Gasteiger charge is -2.34. The Balaban J connectivity index is 1.17. The molecule has 10 nitrogen and oxygen atoms in total. The van der Waals surface area contributed by atoms with Gasteiger partial charge in [-0.05, 0) is 66.5 Å². The van der Waals surface area contributed by atoms with Crippen molar-refractivity contribution in [3.8, 4) is 5.75 Å². The summed E-state index contributed by atoms with van der Waals surface area (Å²) in [6.45, 7) is 1.58. The minimum absolute atomic E-state index is 0.207. The summed E-state index contributed by atoms with van der Waals surface area (Å²) in [4.78, 5) is 54.9. The number of aliphatic carboxylic acids is 1. The van der Waals surface area contributed by atoms with Crippen LogP contribution in [0.5, 0.6) is 5.75 Å². The van der Waals surface area contributed by atoms with Crippen LogP contribution in [0.3, 0.4) is 0 Å². The number of nitrogens with one attached hydrogen (secondary N) is 1. The van der Waals surface area contributed by atoms with Crippen LogP contribution < -0.4 is 15.8 Å². The molecule has 1 atom stereocenters. The van der Waals surface area contributed by atoms with Crippen molar-refractivity contribution in [2.75, 3.05) is 19.6 Å². The topological polar surface area (TPSA) is 151 Å². The Labute approximate surface area is 262 Å². The van der Waals surface area contributed by atoms with Crippen molar-refractivity contribution in [3.63, 3.8) is 0 Å². The lowest BCUT2D eigenvalue weighted by molar-refractivity contribution is -0.141. The standard InChI is InChI=1S/C35H38N4O6/c36-33(38-20-24-2-1-3-24)27-10-8-26(9-11-27)22-45-29-12-13-30-28(18-29)15-17-39(35(30)44)31(19-32(41)42)34(43)37-16-14-23-4-6-25(21-40)7-5-23/h4-13,18,21,24,31H,1-3,14-17,19-20,22H2,(H2,36,38)(H,37,43)(H,41,42). The van der Waals surface area contributed by atoms with E-state index in [1.54, 1.807) is 36.4 Å². The largest absolute Gasteiger partial charge is 0.489 e. The maximum Gasteiger partial charge on any atom is 0.305 e. The van der Waals surface area contributed by atoms with E-state index in [9.17, 15) is 24.3 Å². The Morgan fingerprint density at radius 2 is 1.80 bits per heavy atom. The van der Waals surface area contributed by atoms with Crippen molar-refractivity contribution < 1.29 is 29.0 Å². The van der Waals surface area contributed by atoms with Gasteiger partial charge in [-0.1, -0.05) is 55.0 Å². The molecule has 5 rings (SSSR count). The number of fused-ring (bicyclic) bond motifs is 1. The molecule has 2 aliphatic rings. The van der Waals surface area contributed by atoms with Crippen LogP contribution in [0.4, 0.5) is 0 Å². The van der Waals surface area contributed by atoms with E-state index in [0.717, 1.165) is 35.1 Å². The molecule has 2 amide bonds. The number of carbonyl (C=O) groups is 4. The molecule has 1 aliphatic carbocycles. The van der Waals surface area contributed by atoms with Gasteiger partial charge in [0.1, 0.15) is 30.5 Å². The van der Waals surface area contributed by atoms with Crippen molar-refractivity contribution in [2.24, 2.45) is 16.6 Å². The maximum atomic E-state index is 13.4. The van der Waals surface area contributed by atoms with E-state index < -0.39 is 24.3 Å². The van der Waals surface area contributed by atoms with Crippen LogP contribution in [-0.4, -0.2) is 65.6 Å². The first-order chi connectivity index (χ1) is 21.8. The monoisotopic (exact) mass is 610 g/mol. The Hall–Kier alpha value is -4.99. The van der Waals surface area contributed by atoms with Crippen LogP contribution >= 0.6 is 0 Å². The highest BCUT2D eigenvalue weighted by molar-refractivity contribution is 6.00. The second-order valence-corrected chi connectivity index (χ2v) is 11.6. The minimum atomic E-state index is -1.17. The van der Waals surface area contributed by atoms with Gasteiger partial charge >= 0.3 is 5.97 Å². The lowest BCUT2D eigenvalue weighted by Crippen LogP contribution is -2.53. The number of ether oxygens (including phenoxy) is 1. The van der Waals surface area contributed by atoms with Gasteiger partial charge in [-0.15, -0.1) is 0 Å². The van der Waals surface area contributed by atoms with Gasteiger partial charge in [-0.3, -0.25) is 24.2 Å². The lowest BCUT2D eigenvalue weighted by atomic mass is 9.86. The summed E-state index contributed by atoms with van der Waals surface area (Å²) in [5.74, 6) is -0.251. The van der Waals surface area contributed by atoms with Crippen LogP contribution in [0.25, 0.3) is 0 Å². The number of amidine groups is 1. The van der Waals surface area contributed by atoms with Crippen LogP contribution in [0, 0.1) is 5.92 Å². The molecule has 0 radical (unpaired) electrons. The van der Waals surface area contributed by atoms with Gasteiger partial charge in [0.2, 0.25) is 5.91 Å². The molecule has 3 aromatic carbocycles. The van der Waals surface area contributed by atoms with Gasteiger partial charge in [-0.2, -0.15) is 0 Å². The molecule has 234 valence electrons. The highest BCUT2D eigenvalue weighted by Crippen LogP contribution is 2.27. The van der Waals surface area contributed by atoms with E-state index in [-0.39, 0.29) is 19.0 Å². The van der Waals surface area contributed by atoms with Crippen molar-refractivity contribution in [1.82, 2.24) is 10.2 Å². The number of nitrogens with zero attached hydrogens (tertiary/aromatic N) is 2. The molecule has 1 aliphatic heterocycles. The summed E-state index contributed by atoms with van der Waals surface area (Å²) in [7, 11) is 0. The summed E-state index contributed by atoms with van der Waals surface area (Å²) < 4.78 is 6.01. The number of benzene rings is 3.